The lowest BCUT2D eigenvalue weighted by molar-refractivity contribution is -0.128. The minimum absolute atomic E-state index is 0.0218. The van der Waals surface area contributed by atoms with Crippen LogP contribution in [0.1, 0.15) is 37.7 Å². The summed E-state index contributed by atoms with van der Waals surface area (Å²) in [6.07, 6.45) is 4.31. The van der Waals surface area contributed by atoms with Gasteiger partial charge in [-0.15, -0.1) is 0 Å². The fraction of sp³-hybridized carbons (Fsp3) is 0.571. The van der Waals surface area contributed by atoms with Crippen molar-refractivity contribution in [3.8, 4) is 0 Å². The van der Waals surface area contributed by atoms with Gasteiger partial charge >= 0.3 is 0 Å². The summed E-state index contributed by atoms with van der Waals surface area (Å²) in [6.45, 7) is 3.25. The molecular formula is C21H29N3O4. The molecule has 7 nitrogen and oxygen atoms in total. The van der Waals surface area contributed by atoms with Crippen LogP contribution in [-0.2, 0) is 19.1 Å². The Labute approximate surface area is 165 Å². The molecule has 152 valence electrons. The molecule has 1 atom stereocenters. The van der Waals surface area contributed by atoms with Crippen molar-refractivity contribution < 1.29 is 19.1 Å². The number of likely N-dealkylation sites (tertiary alicyclic amines) is 1. The number of rotatable bonds is 7. The number of methoxy groups -OCH3 is 1. The van der Waals surface area contributed by atoms with E-state index in [1.165, 1.54) is 0 Å². The van der Waals surface area contributed by atoms with E-state index in [9.17, 15) is 14.4 Å². The van der Waals surface area contributed by atoms with E-state index < -0.39 is 0 Å². The quantitative estimate of drug-likeness (QED) is 0.753. The maximum atomic E-state index is 12.7. The molecule has 7 heteroatoms. The van der Waals surface area contributed by atoms with Crippen LogP contribution in [0.15, 0.2) is 18.2 Å². The van der Waals surface area contributed by atoms with Gasteiger partial charge in [0.1, 0.15) is 0 Å². The van der Waals surface area contributed by atoms with Crippen molar-refractivity contribution >= 4 is 29.1 Å². The molecule has 1 aromatic carbocycles. The minimum atomic E-state index is -0.375. The van der Waals surface area contributed by atoms with Gasteiger partial charge in [0, 0.05) is 43.9 Å². The SMILES string of the molecule is COCCN1CC(C(=O)Nc2cccc(NC(=O)C3CCCC3)c2C)CC1=O. The summed E-state index contributed by atoms with van der Waals surface area (Å²) in [5, 5.41) is 5.94. The Morgan fingerprint density at radius 1 is 1.11 bits per heavy atom. The first kappa shape index (κ1) is 20.3. The van der Waals surface area contributed by atoms with Crippen LogP contribution < -0.4 is 10.6 Å². The zero-order chi connectivity index (χ0) is 20.1. The van der Waals surface area contributed by atoms with E-state index in [4.69, 9.17) is 4.74 Å². The van der Waals surface area contributed by atoms with Crippen LogP contribution in [0.5, 0.6) is 0 Å². The number of ether oxygens (including phenoxy) is 1. The lowest BCUT2D eigenvalue weighted by Gasteiger charge is -2.18. The van der Waals surface area contributed by atoms with Crippen molar-refractivity contribution in [3.63, 3.8) is 0 Å². The summed E-state index contributed by atoms with van der Waals surface area (Å²) < 4.78 is 5.01. The van der Waals surface area contributed by atoms with Crippen LogP contribution >= 0.6 is 0 Å². The number of benzene rings is 1. The van der Waals surface area contributed by atoms with Crippen LogP contribution in [-0.4, -0.2) is 49.4 Å². The van der Waals surface area contributed by atoms with Crippen LogP contribution in [0.25, 0.3) is 0 Å². The van der Waals surface area contributed by atoms with E-state index in [0.717, 1.165) is 36.9 Å². The standard InChI is InChI=1S/C21H29N3O4/c1-14-17(22-20(26)15-6-3-4-7-15)8-5-9-18(14)23-21(27)16-12-19(25)24(13-16)10-11-28-2/h5,8-9,15-16H,3-4,6-7,10-13H2,1-2H3,(H,22,26)(H,23,27). The molecule has 1 unspecified atom stereocenters. The zero-order valence-corrected chi connectivity index (χ0v) is 16.6. The summed E-state index contributed by atoms with van der Waals surface area (Å²) in [7, 11) is 1.59. The smallest absolute Gasteiger partial charge is 0.229 e. The van der Waals surface area contributed by atoms with Crippen LogP contribution in [0.2, 0.25) is 0 Å². The van der Waals surface area contributed by atoms with Gasteiger partial charge in [0.25, 0.3) is 0 Å². The number of carbonyl (C=O) groups is 3. The molecule has 1 saturated heterocycles. The predicted molar refractivity (Wildman–Crippen MR) is 107 cm³/mol. The van der Waals surface area contributed by atoms with Gasteiger partial charge in [-0.05, 0) is 37.5 Å². The number of hydrogen-bond acceptors (Lipinski definition) is 4. The molecular weight excluding hydrogens is 358 g/mol. The molecule has 3 amide bonds. The van der Waals surface area contributed by atoms with Crippen molar-refractivity contribution in [1.82, 2.24) is 4.90 Å². The van der Waals surface area contributed by atoms with Gasteiger partial charge in [0.05, 0.1) is 12.5 Å². The van der Waals surface area contributed by atoms with Crippen molar-refractivity contribution in [3.05, 3.63) is 23.8 Å². The van der Waals surface area contributed by atoms with Gasteiger partial charge in [-0.3, -0.25) is 14.4 Å². The number of hydrogen-bond donors (Lipinski definition) is 2. The van der Waals surface area contributed by atoms with Crippen molar-refractivity contribution in [1.29, 1.82) is 0 Å². The third kappa shape index (κ3) is 4.70. The Morgan fingerprint density at radius 3 is 2.32 bits per heavy atom. The van der Waals surface area contributed by atoms with Gasteiger partial charge in [-0.2, -0.15) is 0 Å². The molecule has 0 bridgehead atoms. The molecule has 3 rings (SSSR count). The molecule has 1 aromatic rings. The summed E-state index contributed by atoms with van der Waals surface area (Å²) in [6, 6.07) is 5.49. The highest BCUT2D eigenvalue weighted by molar-refractivity contribution is 5.99. The molecule has 0 spiro atoms. The van der Waals surface area contributed by atoms with Gasteiger partial charge < -0.3 is 20.3 Å². The fourth-order valence-electron chi connectivity index (χ4n) is 3.93. The monoisotopic (exact) mass is 387 g/mol. The summed E-state index contributed by atoms with van der Waals surface area (Å²) in [4.78, 5) is 38.8. The molecule has 2 aliphatic rings. The first-order valence-corrected chi connectivity index (χ1v) is 9.97. The Hall–Kier alpha value is -2.41. The first-order valence-electron chi connectivity index (χ1n) is 9.97. The van der Waals surface area contributed by atoms with E-state index in [1.54, 1.807) is 12.0 Å². The number of carbonyl (C=O) groups excluding carboxylic acids is 3. The van der Waals surface area contributed by atoms with E-state index in [2.05, 4.69) is 10.6 Å². The second-order valence-electron chi connectivity index (χ2n) is 7.67. The second-order valence-corrected chi connectivity index (χ2v) is 7.67. The third-order valence-electron chi connectivity index (χ3n) is 5.73. The topological polar surface area (TPSA) is 87.7 Å². The largest absolute Gasteiger partial charge is 0.383 e. The van der Waals surface area contributed by atoms with Crippen LogP contribution in [0, 0.1) is 18.8 Å². The Balaban J connectivity index is 1.62. The highest BCUT2D eigenvalue weighted by Gasteiger charge is 2.34. The molecule has 1 saturated carbocycles. The highest BCUT2D eigenvalue weighted by atomic mass is 16.5. The maximum Gasteiger partial charge on any atom is 0.229 e. The van der Waals surface area contributed by atoms with Gasteiger partial charge in [0.15, 0.2) is 0 Å². The molecule has 2 N–H and O–H groups in total. The van der Waals surface area contributed by atoms with Crippen LogP contribution in [0.3, 0.4) is 0 Å². The van der Waals surface area contributed by atoms with Crippen molar-refractivity contribution in [2.45, 2.75) is 39.0 Å². The normalized spacial score (nSPS) is 19.9. The Kier molecular flexibility index (Phi) is 6.67. The predicted octanol–water partition coefficient (Wildman–Crippen LogP) is 2.56. The van der Waals surface area contributed by atoms with Gasteiger partial charge in [-0.25, -0.2) is 0 Å². The Morgan fingerprint density at radius 2 is 1.71 bits per heavy atom. The number of nitrogens with zero attached hydrogens (tertiary/aromatic N) is 1. The van der Waals surface area contributed by atoms with Crippen molar-refractivity contribution in [2.75, 3.05) is 37.4 Å². The van der Waals surface area contributed by atoms with E-state index in [1.807, 2.05) is 25.1 Å². The maximum absolute atomic E-state index is 12.7. The van der Waals surface area contributed by atoms with E-state index in [0.29, 0.717) is 25.4 Å². The fourth-order valence-corrected chi connectivity index (χ4v) is 3.93. The number of amides is 3. The lowest BCUT2D eigenvalue weighted by Crippen LogP contribution is -2.31. The zero-order valence-electron chi connectivity index (χ0n) is 16.6. The molecule has 2 fully saturated rings. The summed E-state index contributed by atoms with van der Waals surface area (Å²) >= 11 is 0. The molecule has 0 aromatic heterocycles. The van der Waals surface area contributed by atoms with Crippen LogP contribution in [0.4, 0.5) is 11.4 Å². The molecule has 1 heterocycles. The average Bonchev–Trinajstić information content (AvgIpc) is 3.33. The summed E-state index contributed by atoms with van der Waals surface area (Å²) in [5.74, 6) is -0.429. The third-order valence-corrected chi connectivity index (χ3v) is 5.73. The van der Waals surface area contributed by atoms with E-state index >= 15 is 0 Å². The lowest BCUT2D eigenvalue weighted by atomic mass is 10.1. The van der Waals surface area contributed by atoms with Gasteiger partial charge in [-0.1, -0.05) is 18.9 Å². The molecule has 1 aliphatic carbocycles. The Bertz CT molecular complexity index is 743. The van der Waals surface area contributed by atoms with Gasteiger partial charge in [0.2, 0.25) is 17.7 Å². The molecule has 28 heavy (non-hydrogen) atoms. The highest BCUT2D eigenvalue weighted by Crippen LogP contribution is 2.29. The van der Waals surface area contributed by atoms with Crippen molar-refractivity contribution in [2.24, 2.45) is 11.8 Å². The second kappa shape index (κ2) is 9.19. The molecule has 1 aliphatic heterocycles. The minimum Gasteiger partial charge on any atom is -0.383 e. The summed E-state index contributed by atoms with van der Waals surface area (Å²) in [5.41, 5.74) is 2.21. The first-order chi connectivity index (χ1) is 13.5. The average molecular weight is 387 g/mol. The number of nitrogens with one attached hydrogen (secondary N) is 2. The van der Waals surface area contributed by atoms with E-state index in [-0.39, 0.29) is 36.0 Å². The number of anilines is 2. The molecule has 0 radical (unpaired) electrons.